The summed E-state index contributed by atoms with van der Waals surface area (Å²) in [5.74, 6) is 0. The molecule has 0 aliphatic rings. The first-order chi connectivity index (χ1) is 4.91. The molecule has 81 valence electrons. The molecule has 0 fully saturated rings. The van der Waals surface area contributed by atoms with Crippen LogP contribution >= 0.6 is 0 Å². The van der Waals surface area contributed by atoms with E-state index in [1.54, 1.807) is 0 Å². The molecule has 0 N–H and O–H groups in total. The van der Waals surface area contributed by atoms with Gasteiger partial charge in [0, 0.05) is 32.7 Å². The van der Waals surface area contributed by atoms with Crippen molar-refractivity contribution in [2.24, 2.45) is 0 Å². The largest absolute Gasteiger partial charge is 2.00 e. The summed E-state index contributed by atoms with van der Waals surface area (Å²) in [5.41, 5.74) is 0. The van der Waals surface area contributed by atoms with Crippen molar-refractivity contribution < 1.29 is 53.8 Å². The Bertz CT molecular complexity index is 22.1. The zero-order chi connectivity index (χ0) is 8.83. The molecule has 0 rings (SSSR count). The van der Waals surface area contributed by atoms with Crippen molar-refractivity contribution >= 4 is 0 Å². The minimum absolute atomic E-state index is 0. The molecule has 0 spiro atoms. The van der Waals surface area contributed by atoms with E-state index >= 15 is 0 Å². The molecule has 0 aromatic carbocycles. The summed E-state index contributed by atoms with van der Waals surface area (Å²) in [7, 11) is 0. The molecular formula is C11H28WY. The molecule has 13 heavy (non-hydrogen) atoms. The number of hydrogen-bond donors (Lipinski definition) is 0. The second-order valence-electron chi connectivity index (χ2n) is 1.56. The summed E-state index contributed by atoms with van der Waals surface area (Å²) < 4.78 is 0. The molecule has 0 heterocycles. The molecule has 2 heteroatoms. The van der Waals surface area contributed by atoms with E-state index in [1.165, 1.54) is 19.3 Å². The van der Waals surface area contributed by atoms with E-state index in [9.17, 15) is 0 Å². The second kappa shape index (κ2) is 67.3. The van der Waals surface area contributed by atoms with Crippen LogP contribution in [0.2, 0.25) is 0 Å². The van der Waals surface area contributed by atoms with Gasteiger partial charge in [0.2, 0.25) is 0 Å². The summed E-state index contributed by atoms with van der Waals surface area (Å²) in [5, 5.41) is 0. The SMILES string of the molecule is CC.CC.[CH2-]CCCCC.[CH3-].[W+2].[Y]. The van der Waals surface area contributed by atoms with Gasteiger partial charge >= 0.3 is 21.1 Å². The van der Waals surface area contributed by atoms with E-state index in [1.807, 2.05) is 27.7 Å². The van der Waals surface area contributed by atoms with Crippen LogP contribution in [0.25, 0.3) is 0 Å². The Kier molecular flexibility index (Phi) is 188. The van der Waals surface area contributed by atoms with Crippen LogP contribution in [0.4, 0.5) is 0 Å². The molecule has 0 aliphatic carbocycles. The first-order valence-electron chi connectivity index (χ1n) is 4.71. The predicted molar refractivity (Wildman–Crippen MR) is 58.6 cm³/mol. The summed E-state index contributed by atoms with van der Waals surface area (Å²) in [6, 6.07) is 0. The summed E-state index contributed by atoms with van der Waals surface area (Å²) in [4.78, 5) is 0. The fourth-order valence-corrected chi connectivity index (χ4v) is 0.427. The molecule has 0 nitrogen and oxygen atoms in total. The van der Waals surface area contributed by atoms with Gasteiger partial charge in [-0.3, -0.25) is 0 Å². The minimum Gasteiger partial charge on any atom is -0.358 e. The molecule has 0 bridgehead atoms. The van der Waals surface area contributed by atoms with Crippen molar-refractivity contribution in [3.63, 3.8) is 0 Å². The Morgan fingerprint density at radius 2 is 1.23 bits per heavy atom. The zero-order valence-electron chi connectivity index (χ0n) is 10.5. The second-order valence-corrected chi connectivity index (χ2v) is 1.56. The van der Waals surface area contributed by atoms with Crippen molar-refractivity contribution in [2.75, 3.05) is 0 Å². The van der Waals surface area contributed by atoms with Crippen LogP contribution in [-0.4, -0.2) is 0 Å². The molecule has 0 unspecified atom stereocenters. The molecular weight excluding hydrogens is 405 g/mol. The standard InChI is InChI=1S/C6H13.2C2H6.CH3.W.Y/c1-3-5-6-4-2;2*1-2;;;/h1,3-6H2,2H3;2*1-2H3;1H3;;/q-1;;;-1;+2;. The van der Waals surface area contributed by atoms with Gasteiger partial charge in [0.25, 0.3) is 0 Å². The van der Waals surface area contributed by atoms with E-state index in [-0.39, 0.29) is 61.2 Å². The van der Waals surface area contributed by atoms with E-state index in [0.29, 0.717) is 0 Å². The summed E-state index contributed by atoms with van der Waals surface area (Å²) in [6.45, 7) is 13.9. The number of hydrogen-bond acceptors (Lipinski definition) is 0. The number of unbranched alkanes of at least 4 members (excludes halogenated alkanes) is 3. The van der Waals surface area contributed by atoms with E-state index < -0.39 is 0 Å². The van der Waals surface area contributed by atoms with E-state index in [4.69, 9.17) is 0 Å². The maximum absolute atomic E-state index is 3.72. The van der Waals surface area contributed by atoms with Gasteiger partial charge in [-0.25, -0.2) is 0 Å². The topological polar surface area (TPSA) is 0 Å². The van der Waals surface area contributed by atoms with Crippen LogP contribution in [-0.2, 0) is 53.8 Å². The smallest absolute Gasteiger partial charge is 0.358 e. The molecule has 0 aliphatic heterocycles. The fraction of sp³-hybridized carbons (Fsp3) is 0.818. The van der Waals surface area contributed by atoms with Gasteiger partial charge in [0.1, 0.15) is 0 Å². The maximum atomic E-state index is 3.72. The minimum atomic E-state index is 0. The average molecular weight is 433 g/mol. The van der Waals surface area contributed by atoms with Gasteiger partial charge in [0.15, 0.2) is 0 Å². The quantitative estimate of drug-likeness (QED) is 0.439. The number of rotatable bonds is 3. The van der Waals surface area contributed by atoms with Crippen LogP contribution in [0.1, 0.15) is 60.3 Å². The molecule has 0 amide bonds. The van der Waals surface area contributed by atoms with Gasteiger partial charge in [0.05, 0.1) is 0 Å². The first kappa shape index (κ1) is 36.4. The van der Waals surface area contributed by atoms with Gasteiger partial charge in [-0.1, -0.05) is 53.9 Å². The Labute approximate surface area is 127 Å². The van der Waals surface area contributed by atoms with E-state index in [0.717, 1.165) is 6.42 Å². The fourth-order valence-electron chi connectivity index (χ4n) is 0.427. The Hall–Kier alpha value is 1.79. The monoisotopic (exact) mass is 433 g/mol. The van der Waals surface area contributed by atoms with Crippen LogP contribution in [0.15, 0.2) is 0 Å². The summed E-state index contributed by atoms with van der Waals surface area (Å²) >= 11 is 0. The maximum Gasteiger partial charge on any atom is 2.00 e. The third-order valence-electron chi connectivity index (χ3n) is 0.854. The van der Waals surface area contributed by atoms with Crippen molar-refractivity contribution in [1.82, 2.24) is 0 Å². The van der Waals surface area contributed by atoms with Gasteiger partial charge in [-0.15, -0.1) is 0 Å². The van der Waals surface area contributed by atoms with Gasteiger partial charge in [-0.2, -0.15) is 6.42 Å². The Morgan fingerprint density at radius 3 is 1.31 bits per heavy atom. The van der Waals surface area contributed by atoms with Crippen molar-refractivity contribution in [1.29, 1.82) is 0 Å². The van der Waals surface area contributed by atoms with Gasteiger partial charge < -0.3 is 14.4 Å². The third-order valence-corrected chi connectivity index (χ3v) is 0.854. The van der Waals surface area contributed by atoms with Crippen LogP contribution in [0, 0.1) is 14.4 Å². The zero-order valence-corrected chi connectivity index (χ0v) is 16.3. The van der Waals surface area contributed by atoms with Gasteiger partial charge in [-0.05, 0) is 0 Å². The Balaban J connectivity index is -0.0000000157. The molecule has 0 saturated carbocycles. The van der Waals surface area contributed by atoms with Crippen molar-refractivity contribution in [3.05, 3.63) is 14.4 Å². The molecule has 0 aromatic heterocycles. The Morgan fingerprint density at radius 1 is 0.923 bits per heavy atom. The summed E-state index contributed by atoms with van der Waals surface area (Å²) in [6.07, 6.45) is 5.07. The predicted octanol–water partition coefficient (Wildman–Crippen LogP) is 4.90. The van der Waals surface area contributed by atoms with Crippen LogP contribution < -0.4 is 0 Å². The first-order valence-corrected chi connectivity index (χ1v) is 4.71. The van der Waals surface area contributed by atoms with Crippen LogP contribution in [0.5, 0.6) is 0 Å². The molecule has 1 radical (unpaired) electrons. The third kappa shape index (κ3) is 83.5. The van der Waals surface area contributed by atoms with Crippen molar-refractivity contribution in [3.8, 4) is 0 Å². The average Bonchev–Trinajstić information content (AvgIpc) is 2.08. The molecule has 0 aromatic rings. The molecule has 0 atom stereocenters. The normalized spacial score (nSPS) is 5.08. The van der Waals surface area contributed by atoms with Crippen LogP contribution in [0.3, 0.4) is 0 Å². The van der Waals surface area contributed by atoms with Crippen molar-refractivity contribution in [2.45, 2.75) is 60.3 Å². The molecule has 0 saturated heterocycles. The van der Waals surface area contributed by atoms with E-state index in [2.05, 4.69) is 13.8 Å².